The summed E-state index contributed by atoms with van der Waals surface area (Å²) in [6.07, 6.45) is 0.488. The Morgan fingerprint density at radius 1 is 1.38 bits per heavy atom. The first-order valence-electron chi connectivity index (χ1n) is 4.47. The molecular weight excluding hydrogens is 213 g/mol. The first-order chi connectivity index (χ1) is 7.77. The number of benzene rings is 1. The van der Waals surface area contributed by atoms with Crippen LogP contribution in [0.1, 0.15) is 10.6 Å². The Balaban J connectivity index is 2.67. The van der Waals surface area contributed by atoms with E-state index in [-0.39, 0.29) is 17.5 Å². The Kier molecular flexibility index (Phi) is 2.63. The van der Waals surface area contributed by atoms with Crippen LogP contribution in [0.25, 0.3) is 5.69 Å². The molecule has 1 heterocycles. The summed E-state index contributed by atoms with van der Waals surface area (Å²) in [5.41, 5.74) is 0.173. The second kappa shape index (κ2) is 4.09. The van der Waals surface area contributed by atoms with Gasteiger partial charge in [0.1, 0.15) is 5.82 Å². The molecule has 1 aromatic heterocycles. The maximum Gasteiger partial charge on any atom is 0.321 e. The third-order valence-electron chi connectivity index (χ3n) is 2.04. The van der Waals surface area contributed by atoms with Gasteiger partial charge < -0.3 is 4.74 Å². The lowest BCUT2D eigenvalue weighted by atomic mass is 10.3. The van der Waals surface area contributed by atoms with Crippen LogP contribution >= 0.6 is 0 Å². The molecule has 0 saturated heterocycles. The molecule has 0 saturated carbocycles. The molecule has 1 aromatic carbocycles. The summed E-state index contributed by atoms with van der Waals surface area (Å²) in [6, 6.07) is 6.05. The number of hydrogen-bond acceptors (Lipinski definition) is 4. The van der Waals surface area contributed by atoms with Crippen LogP contribution in [-0.2, 0) is 0 Å². The maximum atomic E-state index is 13.5. The summed E-state index contributed by atoms with van der Waals surface area (Å²) in [5.74, 6) is -0.495. The quantitative estimate of drug-likeness (QED) is 0.731. The summed E-state index contributed by atoms with van der Waals surface area (Å²) in [6.45, 7) is 0. The van der Waals surface area contributed by atoms with Gasteiger partial charge in [0.05, 0.1) is 12.8 Å². The monoisotopic (exact) mass is 221 g/mol. The Hall–Kier alpha value is -2.24. The number of rotatable bonds is 3. The van der Waals surface area contributed by atoms with Crippen LogP contribution in [-0.4, -0.2) is 28.2 Å². The minimum Gasteiger partial charge on any atom is -0.467 e. The Labute approximate surface area is 90.5 Å². The second-order valence-corrected chi connectivity index (χ2v) is 2.95. The lowest BCUT2D eigenvalue weighted by Gasteiger charge is -2.07. The van der Waals surface area contributed by atoms with Crippen molar-refractivity contribution in [2.24, 2.45) is 0 Å². The highest BCUT2D eigenvalue weighted by atomic mass is 19.1. The molecule has 5 nitrogen and oxygen atoms in total. The van der Waals surface area contributed by atoms with Gasteiger partial charge in [-0.25, -0.2) is 8.96 Å². The molecule has 16 heavy (non-hydrogen) atoms. The Morgan fingerprint density at radius 2 is 2.12 bits per heavy atom. The van der Waals surface area contributed by atoms with E-state index in [1.165, 1.54) is 23.8 Å². The van der Waals surface area contributed by atoms with Crippen molar-refractivity contribution in [1.82, 2.24) is 14.8 Å². The Morgan fingerprint density at radius 3 is 2.75 bits per heavy atom. The highest BCUT2D eigenvalue weighted by Crippen LogP contribution is 2.19. The fraction of sp³-hybridized carbons (Fsp3) is 0.100. The van der Waals surface area contributed by atoms with Crippen LogP contribution in [0.3, 0.4) is 0 Å². The number of hydrogen-bond donors (Lipinski definition) is 0. The minimum absolute atomic E-state index is 0.0121. The van der Waals surface area contributed by atoms with E-state index in [2.05, 4.69) is 10.2 Å². The van der Waals surface area contributed by atoms with Gasteiger partial charge >= 0.3 is 6.01 Å². The fourth-order valence-electron chi connectivity index (χ4n) is 1.35. The topological polar surface area (TPSA) is 57.0 Å². The van der Waals surface area contributed by atoms with Crippen molar-refractivity contribution in [3.63, 3.8) is 0 Å². The van der Waals surface area contributed by atoms with Gasteiger partial charge in [-0.05, 0) is 12.1 Å². The molecule has 0 aliphatic carbocycles. The van der Waals surface area contributed by atoms with Crippen molar-refractivity contribution >= 4 is 6.29 Å². The summed E-state index contributed by atoms with van der Waals surface area (Å²) in [7, 11) is 1.37. The van der Waals surface area contributed by atoms with Crippen LogP contribution in [0.5, 0.6) is 6.01 Å². The molecule has 6 heteroatoms. The molecule has 0 spiro atoms. The number of ether oxygens (including phenoxy) is 1. The van der Waals surface area contributed by atoms with Crippen molar-refractivity contribution in [2.75, 3.05) is 7.11 Å². The highest BCUT2D eigenvalue weighted by molar-refractivity contribution is 5.71. The maximum absolute atomic E-state index is 13.5. The molecule has 2 rings (SSSR count). The number of carbonyl (C=O) groups is 1. The standard InChI is InChI=1S/C10H8FN3O2/c1-16-10-13-12-9(6-15)14(10)8-5-3-2-4-7(8)11/h2-6H,1H3. The predicted molar refractivity (Wildman–Crippen MR) is 53.3 cm³/mol. The number of halogens is 1. The normalized spacial score (nSPS) is 10.1. The largest absolute Gasteiger partial charge is 0.467 e. The van der Waals surface area contributed by atoms with Crippen LogP contribution in [0.15, 0.2) is 24.3 Å². The molecule has 0 fully saturated rings. The number of methoxy groups -OCH3 is 1. The molecule has 0 bridgehead atoms. The average Bonchev–Trinajstić information content (AvgIpc) is 2.72. The van der Waals surface area contributed by atoms with Crippen molar-refractivity contribution in [1.29, 1.82) is 0 Å². The van der Waals surface area contributed by atoms with E-state index in [1.54, 1.807) is 12.1 Å². The molecule has 0 aliphatic heterocycles. The summed E-state index contributed by atoms with van der Waals surface area (Å²) in [5, 5.41) is 7.19. The summed E-state index contributed by atoms with van der Waals surface area (Å²) >= 11 is 0. The minimum atomic E-state index is -0.483. The molecule has 0 N–H and O–H groups in total. The van der Waals surface area contributed by atoms with E-state index in [0.717, 1.165) is 0 Å². The van der Waals surface area contributed by atoms with E-state index >= 15 is 0 Å². The zero-order valence-corrected chi connectivity index (χ0v) is 8.42. The van der Waals surface area contributed by atoms with E-state index in [4.69, 9.17) is 4.74 Å². The van der Waals surface area contributed by atoms with Crippen LogP contribution in [0.4, 0.5) is 4.39 Å². The van der Waals surface area contributed by atoms with Gasteiger partial charge in [-0.15, -0.1) is 5.10 Å². The molecule has 82 valence electrons. The van der Waals surface area contributed by atoms with Gasteiger partial charge in [0.2, 0.25) is 5.82 Å². The van der Waals surface area contributed by atoms with Crippen molar-refractivity contribution in [3.8, 4) is 11.7 Å². The number of para-hydroxylation sites is 1. The van der Waals surface area contributed by atoms with Crippen LogP contribution in [0, 0.1) is 5.82 Å². The molecule has 0 amide bonds. The van der Waals surface area contributed by atoms with Crippen LogP contribution < -0.4 is 4.74 Å². The lowest BCUT2D eigenvalue weighted by molar-refractivity contribution is 0.111. The predicted octanol–water partition coefficient (Wildman–Crippen LogP) is 1.23. The third kappa shape index (κ3) is 1.54. The van der Waals surface area contributed by atoms with Crippen molar-refractivity contribution in [3.05, 3.63) is 35.9 Å². The first-order valence-corrected chi connectivity index (χ1v) is 4.47. The van der Waals surface area contributed by atoms with Gasteiger partial charge in [0.15, 0.2) is 6.29 Å². The SMILES string of the molecule is COc1nnc(C=O)n1-c1ccccc1F. The van der Waals surface area contributed by atoms with E-state index in [9.17, 15) is 9.18 Å². The average molecular weight is 221 g/mol. The zero-order valence-electron chi connectivity index (χ0n) is 8.42. The fourth-order valence-corrected chi connectivity index (χ4v) is 1.35. The summed E-state index contributed by atoms with van der Waals surface area (Å²) in [4.78, 5) is 10.7. The molecule has 2 aromatic rings. The highest BCUT2D eigenvalue weighted by Gasteiger charge is 2.16. The van der Waals surface area contributed by atoms with Gasteiger partial charge in [-0.2, -0.15) is 0 Å². The zero-order chi connectivity index (χ0) is 11.5. The smallest absolute Gasteiger partial charge is 0.321 e. The number of aromatic nitrogens is 3. The van der Waals surface area contributed by atoms with Gasteiger partial charge in [-0.1, -0.05) is 17.2 Å². The number of carbonyl (C=O) groups excluding carboxylic acids is 1. The van der Waals surface area contributed by atoms with Crippen molar-refractivity contribution < 1.29 is 13.9 Å². The lowest BCUT2D eigenvalue weighted by Crippen LogP contribution is -2.04. The number of nitrogens with zero attached hydrogens (tertiary/aromatic N) is 3. The van der Waals surface area contributed by atoms with Gasteiger partial charge in [-0.3, -0.25) is 4.79 Å². The van der Waals surface area contributed by atoms with Crippen LogP contribution in [0.2, 0.25) is 0 Å². The summed E-state index contributed by atoms with van der Waals surface area (Å²) < 4.78 is 19.6. The third-order valence-corrected chi connectivity index (χ3v) is 2.04. The molecule has 0 aliphatic rings. The Bertz CT molecular complexity index is 525. The van der Waals surface area contributed by atoms with E-state index in [1.807, 2.05) is 0 Å². The number of aldehydes is 1. The van der Waals surface area contributed by atoms with E-state index < -0.39 is 5.82 Å². The molecule has 0 atom stereocenters. The second-order valence-electron chi connectivity index (χ2n) is 2.95. The molecular formula is C10H8FN3O2. The first kappa shape index (κ1) is 10.3. The van der Waals surface area contributed by atoms with Gasteiger partial charge in [0.25, 0.3) is 0 Å². The van der Waals surface area contributed by atoms with E-state index in [0.29, 0.717) is 6.29 Å². The van der Waals surface area contributed by atoms with Crippen molar-refractivity contribution in [2.45, 2.75) is 0 Å². The molecule has 0 radical (unpaired) electrons. The molecule has 0 unspecified atom stereocenters. The van der Waals surface area contributed by atoms with Gasteiger partial charge in [0, 0.05) is 0 Å².